The SMILES string of the molecule is Cc1c(F)c(N2CCC(C(C)N)C2)c(C)c2c1c(=O)n(N)c(=O)n2C1CC1. The van der Waals surface area contributed by atoms with Crippen molar-refractivity contribution in [3.8, 4) is 0 Å². The Hall–Kier alpha value is -2.35. The van der Waals surface area contributed by atoms with Crippen LogP contribution < -0.4 is 27.7 Å². The number of benzene rings is 1. The third-order valence-electron chi connectivity index (χ3n) is 6.14. The van der Waals surface area contributed by atoms with Crippen LogP contribution in [-0.2, 0) is 0 Å². The van der Waals surface area contributed by atoms with Gasteiger partial charge in [-0.3, -0.25) is 9.36 Å². The zero-order valence-corrected chi connectivity index (χ0v) is 16.0. The summed E-state index contributed by atoms with van der Waals surface area (Å²) in [6.45, 7) is 6.72. The average Bonchev–Trinajstić information content (AvgIpc) is 3.33. The molecule has 1 aromatic heterocycles. The number of halogens is 1. The molecule has 2 aliphatic rings. The molecule has 0 radical (unpaired) electrons. The van der Waals surface area contributed by atoms with Crippen LogP contribution in [-0.4, -0.2) is 28.4 Å². The van der Waals surface area contributed by atoms with Gasteiger partial charge in [0.25, 0.3) is 5.56 Å². The predicted octanol–water partition coefficient (Wildman–Crippen LogP) is 1.14. The Morgan fingerprint density at radius 1 is 1.15 bits per heavy atom. The van der Waals surface area contributed by atoms with Crippen LogP contribution in [0.2, 0.25) is 0 Å². The highest BCUT2D eigenvalue weighted by Crippen LogP contribution is 2.40. The first-order chi connectivity index (χ1) is 12.7. The monoisotopic (exact) mass is 375 g/mol. The standard InChI is InChI=1S/C19H26FN5O2/c1-9-14-16(24(13-4-5-13)19(27)25(22)18(14)26)10(2)17(15(9)20)23-7-6-12(8-23)11(3)21/h11-13H,4-8,21-22H2,1-3H3. The van der Waals surface area contributed by atoms with E-state index in [4.69, 9.17) is 11.6 Å². The van der Waals surface area contributed by atoms with Gasteiger partial charge < -0.3 is 16.5 Å². The first-order valence-electron chi connectivity index (χ1n) is 9.49. The van der Waals surface area contributed by atoms with E-state index < -0.39 is 17.1 Å². The van der Waals surface area contributed by atoms with Crippen LogP contribution in [0.4, 0.5) is 10.1 Å². The molecule has 2 atom stereocenters. The van der Waals surface area contributed by atoms with Crippen LogP contribution >= 0.6 is 0 Å². The highest BCUT2D eigenvalue weighted by Gasteiger charge is 2.34. The van der Waals surface area contributed by atoms with E-state index >= 15 is 4.39 Å². The van der Waals surface area contributed by atoms with Crippen molar-refractivity contribution in [2.24, 2.45) is 11.7 Å². The molecule has 2 unspecified atom stereocenters. The zero-order chi connectivity index (χ0) is 19.6. The third kappa shape index (κ3) is 2.57. The summed E-state index contributed by atoms with van der Waals surface area (Å²) in [7, 11) is 0. The van der Waals surface area contributed by atoms with Crippen molar-refractivity contribution < 1.29 is 4.39 Å². The van der Waals surface area contributed by atoms with Gasteiger partial charge in [-0.1, -0.05) is 0 Å². The van der Waals surface area contributed by atoms with E-state index in [1.165, 1.54) is 0 Å². The quantitative estimate of drug-likeness (QED) is 0.784. The van der Waals surface area contributed by atoms with E-state index in [1.807, 2.05) is 11.8 Å². The van der Waals surface area contributed by atoms with Crippen molar-refractivity contribution in [2.45, 2.75) is 52.1 Å². The van der Waals surface area contributed by atoms with Gasteiger partial charge in [0.15, 0.2) is 5.82 Å². The summed E-state index contributed by atoms with van der Waals surface area (Å²) in [5.74, 6) is 5.60. The number of aromatic nitrogens is 2. The number of nitrogen functional groups attached to an aromatic ring is 1. The smallest absolute Gasteiger partial charge is 0.350 e. The largest absolute Gasteiger partial charge is 0.369 e. The number of anilines is 1. The minimum Gasteiger partial charge on any atom is -0.369 e. The molecule has 0 spiro atoms. The van der Waals surface area contributed by atoms with Crippen LogP contribution in [0.5, 0.6) is 0 Å². The highest BCUT2D eigenvalue weighted by molar-refractivity contribution is 5.90. The van der Waals surface area contributed by atoms with Gasteiger partial charge in [-0.05, 0) is 46.0 Å². The molecule has 1 aromatic carbocycles. The van der Waals surface area contributed by atoms with E-state index in [1.54, 1.807) is 18.4 Å². The van der Waals surface area contributed by atoms with Gasteiger partial charge >= 0.3 is 5.69 Å². The van der Waals surface area contributed by atoms with Crippen LogP contribution in [0.3, 0.4) is 0 Å². The lowest BCUT2D eigenvalue weighted by atomic mass is 10.0. The van der Waals surface area contributed by atoms with Gasteiger partial charge in [0, 0.05) is 36.3 Å². The Morgan fingerprint density at radius 3 is 2.37 bits per heavy atom. The number of nitrogens with two attached hydrogens (primary N) is 2. The molecule has 1 aliphatic carbocycles. The molecule has 1 aliphatic heterocycles. The summed E-state index contributed by atoms with van der Waals surface area (Å²) < 4.78 is 17.6. The Balaban J connectivity index is 2.03. The molecule has 1 saturated carbocycles. The molecule has 1 saturated heterocycles. The summed E-state index contributed by atoms with van der Waals surface area (Å²) in [5.41, 5.74) is 6.72. The second kappa shape index (κ2) is 6.09. The maximum atomic E-state index is 15.4. The molecule has 146 valence electrons. The molecule has 2 heterocycles. The Morgan fingerprint density at radius 2 is 1.81 bits per heavy atom. The van der Waals surface area contributed by atoms with Crippen LogP contribution in [0.15, 0.2) is 9.59 Å². The predicted molar refractivity (Wildman–Crippen MR) is 104 cm³/mol. The molecule has 2 fully saturated rings. The minimum atomic E-state index is -0.646. The first kappa shape index (κ1) is 18.0. The van der Waals surface area contributed by atoms with Gasteiger partial charge in [-0.25, -0.2) is 9.18 Å². The van der Waals surface area contributed by atoms with Crippen LogP contribution in [0.1, 0.15) is 43.4 Å². The van der Waals surface area contributed by atoms with Gasteiger partial charge in [-0.2, -0.15) is 4.68 Å². The maximum absolute atomic E-state index is 15.4. The topological polar surface area (TPSA) is 99.3 Å². The number of hydrogen-bond donors (Lipinski definition) is 2. The molecule has 2 aromatic rings. The summed E-state index contributed by atoms with van der Waals surface area (Å²) in [6.07, 6.45) is 2.61. The summed E-state index contributed by atoms with van der Waals surface area (Å²) in [4.78, 5) is 27.4. The van der Waals surface area contributed by atoms with Gasteiger partial charge in [0.2, 0.25) is 0 Å². The van der Waals surface area contributed by atoms with Gasteiger partial charge in [0.05, 0.1) is 16.6 Å². The van der Waals surface area contributed by atoms with E-state index in [-0.39, 0.29) is 23.0 Å². The van der Waals surface area contributed by atoms with E-state index in [2.05, 4.69) is 0 Å². The lowest BCUT2D eigenvalue weighted by Crippen LogP contribution is -2.45. The Bertz CT molecular complexity index is 1050. The Labute approximate surface area is 156 Å². The van der Waals surface area contributed by atoms with Crippen molar-refractivity contribution in [1.82, 2.24) is 9.24 Å². The van der Waals surface area contributed by atoms with E-state index in [0.29, 0.717) is 40.5 Å². The lowest BCUT2D eigenvalue weighted by Gasteiger charge is -2.26. The normalized spacial score (nSPS) is 21.2. The molecule has 0 bridgehead atoms. The minimum absolute atomic E-state index is 0.0159. The average molecular weight is 375 g/mol. The third-order valence-corrected chi connectivity index (χ3v) is 6.14. The molecular formula is C19H26FN5O2. The fourth-order valence-corrected chi connectivity index (χ4v) is 4.38. The molecule has 27 heavy (non-hydrogen) atoms. The number of rotatable bonds is 3. The molecule has 8 heteroatoms. The van der Waals surface area contributed by atoms with Crippen molar-refractivity contribution in [3.63, 3.8) is 0 Å². The number of aryl methyl sites for hydroxylation is 2. The molecule has 4 rings (SSSR count). The summed E-state index contributed by atoms with van der Waals surface area (Å²) in [6, 6.07) is 0.0520. The first-order valence-corrected chi connectivity index (χ1v) is 9.49. The van der Waals surface area contributed by atoms with Gasteiger partial charge in [-0.15, -0.1) is 0 Å². The zero-order valence-electron chi connectivity index (χ0n) is 16.0. The van der Waals surface area contributed by atoms with E-state index in [0.717, 1.165) is 19.3 Å². The summed E-state index contributed by atoms with van der Waals surface area (Å²) in [5, 5.41) is 0.200. The molecule has 4 N–H and O–H groups in total. The van der Waals surface area contributed by atoms with Crippen molar-refractivity contribution in [3.05, 3.63) is 37.8 Å². The van der Waals surface area contributed by atoms with Crippen molar-refractivity contribution in [1.29, 1.82) is 0 Å². The fraction of sp³-hybridized carbons (Fsp3) is 0.579. The second-order valence-electron chi connectivity index (χ2n) is 8.05. The van der Waals surface area contributed by atoms with Crippen molar-refractivity contribution in [2.75, 3.05) is 23.8 Å². The summed E-state index contributed by atoms with van der Waals surface area (Å²) >= 11 is 0. The number of nitrogens with zero attached hydrogens (tertiary/aromatic N) is 3. The molecular weight excluding hydrogens is 349 g/mol. The maximum Gasteiger partial charge on any atom is 0.350 e. The Kier molecular flexibility index (Phi) is 4.06. The number of fused-ring (bicyclic) bond motifs is 1. The lowest BCUT2D eigenvalue weighted by molar-refractivity contribution is 0.487. The van der Waals surface area contributed by atoms with Crippen LogP contribution in [0, 0.1) is 25.6 Å². The van der Waals surface area contributed by atoms with Crippen LogP contribution in [0.25, 0.3) is 10.9 Å². The molecule has 7 nitrogen and oxygen atoms in total. The second-order valence-corrected chi connectivity index (χ2v) is 8.05. The van der Waals surface area contributed by atoms with Gasteiger partial charge in [0.1, 0.15) is 0 Å². The van der Waals surface area contributed by atoms with E-state index in [9.17, 15) is 9.59 Å². The molecule has 0 amide bonds. The van der Waals surface area contributed by atoms with Crippen molar-refractivity contribution >= 4 is 16.6 Å². The highest BCUT2D eigenvalue weighted by atomic mass is 19.1. The number of hydrogen-bond acceptors (Lipinski definition) is 5. The fourth-order valence-electron chi connectivity index (χ4n) is 4.38.